The van der Waals surface area contributed by atoms with Crippen molar-refractivity contribution >= 4 is 16.1 Å². The van der Waals surface area contributed by atoms with E-state index in [1.807, 2.05) is 0 Å². The Morgan fingerprint density at radius 1 is 1.57 bits per heavy atom. The summed E-state index contributed by atoms with van der Waals surface area (Å²) in [6.45, 7) is 1.46. The lowest BCUT2D eigenvalue weighted by atomic mass is 10.2. The summed E-state index contributed by atoms with van der Waals surface area (Å²) in [5.74, 6) is -0.341. The molecule has 1 aliphatic heterocycles. The van der Waals surface area contributed by atoms with Crippen LogP contribution in [0.5, 0.6) is 0 Å². The predicted octanol–water partition coefficient (Wildman–Crippen LogP) is -1.12. The molecule has 0 aromatic carbocycles. The van der Waals surface area contributed by atoms with Crippen molar-refractivity contribution in [3.63, 3.8) is 0 Å². The molecule has 0 aromatic rings. The molecular weight excluding hydrogens is 210 g/mol. The standard InChI is InChI=1S/C7H13NO5S/c1-6(9)7-5-13-4-3-8(7,2)14(10,11)12/h7H,3-5H2,1-2H3. The second-order valence-corrected chi connectivity index (χ2v) is 5.22. The van der Waals surface area contributed by atoms with E-state index in [0.29, 0.717) is 0 Å². The van der Waals surface area contributed by atoms with E-state index in [1.165, 1.54) is 14.0 Å². The zero-order valence-corrected chi connectivity index (χ0v) is 8.91. The van der Waals surface area contributed by atoms with E-state index in [-0.39, 0.29) is 25.5 Å². The normalized spacial score (nSPS) is 34.1. The molecule has 0 aliphatic carbocycles. The highest BCUT2D eigenvalue weighted by Gasteiger charge is 2.44. The van der Waals surface area contributed by atoms with Crippen LogP contribution in [0.4, 0.5) is 0 Å². The van der Waals surface area contributed by atoms with E-state index in [0.717, 1.165) is 0 Å². The Morgan fingerprint density at radius 3 is 2.50 bits per heavy atom. The molecule has 1 aliphatic rings. The molecule has 1 saturated heterocycles. The van der Waals surface area contributed by atoms with Crippen LogP contribution in [0.3, 0.4) is 0 Å². The molecule has 0 radical (unpaired) electrons. The number of morpholine rings is 1. The highest BCUT2D eigenvalue weighted by Crippen LogP contribution is 2.21. The fourth-order valence-electron chi connectivity index (χ4n) is 1.52. The van der Waals surface area contributed by atoms with E-state index in [4.69, 9.17) is 4.74 Å². The van der Waals surface area contributed by atoms with Crippen molar-refractivity contribution in [2.24, 2.45) is 0 Å². The number of hydrogen-bond acceptors (Lipinski definition) is 5. The van der Waals surface area contributed by atoms with Crippen LogP contribution in [0.1, 0.15) is 6.92 Å². The van der Waals surface area contributed by atoms with Crippen LogP contribution in [0, 0.1) is 0 Å². The number of ketones is 1. The number of carbonyl (C=O) groups excluding carboxylic acids is 1. The lowest BCUT2D eigenvalue weighted by molar-refractivity contribution is -0.817. The smallest absolute Gasteiger partial charge is 0.254 e. The van der Waals surface area contributed by atoms with Gasteiger partial charge < -0.3 is 9.29 Å². The number of likely N-dealkylation sites (N-methyl/N-ethyl adjacent to an activating group) is 1. The number of nitrogens with zero attached hydrogens (tertiary/aromatic N) is 1. The van der Waals surface area contributed by atoms with Gasteiger partial charge in [-0.1, -0.05) is 0 Å². The summed E-state index contributed by atoms with van der Waals surface area (Å²) in [5.41, 5.74) is 0. The largest absolute Gasteiger partial charge is 0.702 e. The van der Waals surface area contributed by atoms with E-state index >= 15 is 0 Å². The molecule has 14 heavy (non-hydrogen) atoms. The molecule has 6 nitrogen and oxygen atoms in total. The first kappa shape index (κ1) is 11.6. The molecule has 0 amide bonds. The molecule has 0 bridgehead atoms. The van der Waals surface area contributed by atoms with Gasteiger partial charge in [-0.05, 0) is 0 Å². The van der Waals surface area contributed by atoms with Crippen LogP contribution in [-0.2, 0) is 19.8 Å². The molecule has 7 heteroatoms. The third-order valence-corrected chi connectivity index (χ3v) is 4.05. The SMILES string of the molecule is CC(=O)C1COCC[N+]1(C)S(=O)(=O)[O-]. The van der Waals surface area contributed by atoms with E-state index in [2.05, 4.69) is 0 Å². The first-order valence-corrected chi connectivity index (χ1v) is 5.55. The van der Waals surface area contributed by atoms with Gasteiger partial charge in [-0.15, -0.1) is 0 Å². The van der Waals surface area contributed by atoms with Gasteiger partial charge in [0.25, 0.3) is 10.3 Å². The van der Waals surface area contributed by atoms with Gasteiger partial charge in [0.05, 0.1) is 13.7 Å². The Hall–Kier alpha value is -0.500. The second-order valence-electron chi connectivity index (χ2n) is 3.53. The third kappa shape index (κ3) is 1.81. The second kappa shape index (κ2) is 3.58. The van der Waals surface area contributed by atoms with Gasteiger partial charge in [-0.2, -0.15) is 8.42 Å². The van der Waals surface area contributed by atoms with Crippen LogP contribution in [0.2, 0.25) is 0 Å². The van der Waals surface area contributed by atoms with Crippen molar-refractivity contribution in [1.82, 2.24) is 0 Å². The fraction of sp³-hybridized carbons (Fsp3) is 0.857. The minimum absolute atomic E-state index is 0.00664. The zero-order valence-electron chi connectivity index (χ0n) is 8.10. The van der Waals surface area contributed by atoms with Crippen molar-refractivity contribution in [2.45, 2.75) is 13.0 Å². The predicted molar refractivity (Wildman–Crippen MR) is 46.0 cm³/mol. The van der Waals surface area contributed by atoms with Gasteiger partial charge >= 0.3 is 0 Å². The van der Waals surface area contributed by atoms with Crippen molar-refractivity contribution in [1.29, 1.82) is 0 Å². The average Bonchev–Trinajstić information content (AvgIpc) is 2.02. The van der Waals surface area contributed by atoms with Gasteiger partial charge in [0.2, 0.25) is 0 Å². The molecule has 1 heterocycles. The van der Waals surface area contributed by atoms with Crippen molar-refractivity contribution in [2.75, 3.05) is 26.8 Å². The first-order valence-electron chi connectivity index (χ1n) is 4.18. The fourth-order valence-corrected chi connectivity index (χ4v) is 2.34. The number of carbonyl (C=O) groups is 1. The minimum atomic E-state index is -4.53. The van der Waals surface area contributed by atoms with Crippen LogP contribution in [0.25, 0.3) is 0 Å². The maximum Gasteiger partial charge on any atom is 0.254 e. The molecule has 0 aromatic heterocycles. The van der Waals surface area contributed by atoms with Gasteiger partial charge in [0.1, 0.15) is 13.2 Å². The Labute approximate surface area is 82.9 Å². The maximum absolute atomic E-state index is 11.2. The summed E-state index contributed by atoms with van der Waals surface area (Å²) in [5, 5.41) is 0. The molecule has 0 spiro atoms. The summed E-state index contributed by atoms with van der Waals surface area (Å²) in [6.07, 6.45) is 0. The number of hydrogen-bond donors (Lipinski definition) is 0. The van der Waals surface area contributed by atoms with Gasteiger partial charge in [-0.25, -0.2) is 3.89 Å². The number of quaternary nitrogens is 1. The zero-order chi connectivity index (χ0) is 11.0. The Kier molecular flexibility index (Phi) is 2.96. The highest BCUT2D eigenvalue weighted by atomic mass is 32.2. The van der Waals surface area contributed by atoms with Gasteiger partial charge in [0.15, 0.2) is 11.8 Å². The molecule has 82 valence electrons. The summed E-state index contributed by atoms with van der Waals surface area (Å²) >= 11 is 0. The van der Waals surface area contributed by atoms with Crippen molar-refractivity contribution in [3.8, 4) is 0 Å². The molecule has 2 atom stereocenters. The lowest BCUT2D eigenvalue weighted by Crippen LogP contribution is -2.64. The number of ether oxygens (including phenoxy) is 1. The van der Waals surface area contributed by atoms with Crippen molar-refractivity contribution < 1.29 is 26.4 Å². The summed E-state index contributed by atoms with van der Waals surface area (Å²) in [4.78, 5) is 11.2. The van der Waals surface area contributed by atoms with E-state index < -0.39 is 20.2 Å². The van der Waals surface area contributed by atoms with Gasteiger partial charge in [-0.3, -0.25) is 4.79 Å². The monoisotopic (exact) mass is 223 g/mol. The number of rotatable bonds is 2. The van der Waals surface area contributed by atoms with Crippen LogP contribution in [0.15, 0.2) is 0 Å². The highest BCUT2D eigenvalue weighted by molar-refractivity contribution is 7.80. The quantitative estimate of drug-likeness (QED) is 0.437. The molecular formula is C7H13NO5S. The average molecular weight is 223 g/mol. The van der Waals surface area contributed by atoms with Crippen LogP contribution in [-0.4, -0.2) is 55.5 Å². The van der Waals surface area contributed by atoms with Crippen LogP contribution < -0.4 is 0 Å². The Balaban J connectivity index is 3.09. The first-order chi connectivity index (χ1) is 6.29. The van der Waals surface area contributed by atoms with Gasteiger partial charge in [0, 0.05) is 6.92 Å². The summed E-state index contributed by atoms with van der Waals surface area (Å²) in [6, 6.07) is -0.897. The number of Topliss-reactive ketones (excluding diaryl/α,β-unsaturated/α-hetero) is 1. The molecule has 0 N–H and O–H groups in total. The van der Waals surface area contributed by atoms with Crippen molar-refractivity contribution in [3.05, 3.63) is 0 Å². The summed E-state index contributed by atoms with van der Waals surface area (Å²) < 4.78 is 37.3. The Bertz CT molecular complexity index is 338. The molecule has 1 fully saturated rings. The third-order valence-electron chi connectivity index (χ3n) is 2.59. The topological polar surface area (TPSA) is 83.5 Å². The molecule has 1 rings (SSSR count). The van der Waals surface area contributed by atoms with Crippen LogP contribution >= 0.6 is 0 Å². The molecule has 2 unspecified atom stereocenters. The Morgan fingerprint density at radius 2 is 2.14 bits per heavy atom. The summed E-state index contributed by atoms with van der Waals surface area (Å²) in [7, 11) is -3.27. The molecule has 0 saturated carbocycles. The van der Waals surface area contributed by atoms with E-state index in [1.54, 1.807) is 0 Å². The minimum Gasteiger partial charge on any atom is -0.702 e. The van der Waals surface area contributed by atoms with E-state index in [9.17, 15) is 17.8 Å². The maximum atomic E-state index is 11.2. The lowest BCUT2D eigenvalue weighted by Gasteiger charge is -2.43.